The van der Waals surface area contributed by atoms with Crippen molar-refractivity contribution in [2.45, 2.75) is 241 Å². The Balaban J connectivity index is 1.50. The molecule has 0 aliphatic heterocycles. The monoisotopic (exact) mass is 1360 g/mol. The molecule has 93 heavy (non-hydrogen) atoms. The molecule has 31 heteroatoms. The second-order valence-corrected chi connectivity index (χ2v) is 27.2. The van der Waals surface area contributed by atoms with E-state index >= 15 is 0 Å². The first-order valence-corrected chi connectivity index (χ1v) is 35.6. The van der Waals surface area contributed by atoms with Crippen molar-refractivity contribution in [3.63, 3.8) is 0 Å². The molecule has 540 valence electrons. The van der Waals surface area contributed by atoms with Crippen LogP contribution in [0.3, 0.4) is 0 Å². The molecule has 0 heterocycles. The van der Waals surface area contributed by atoms with Gasteiger partial charge in [-0.25, -0.2) is 0 Å². The zero-order valence-electron chi connectivity index (χ0n) is 55.1. The molecule has 0 bridgehead atoms. The molecule has 0 saturated heterocycles. The van der Waals surface area contributed by atoms with Crippen LogP contribution in [0.4, 0.5) is 0 Å². The Morgan fingerprint density at radius 3 is 1.18 bits per heavy atom. The number of amides is 7. The number of carbonyl (C=O) groups is 7. The van der Waals surface area contributed by atoms with E-state index in [0.717, 1.165) is 19.5 Å². The molecule has 7 amide bonds. The number of hydrogen-bond acceptors (Lipinski definition) is 22. The van der Waals surface area contributed by atoms with Crippen molar-refractivity contribution in [3.8, 4) is 0 Å². The van der Waals surface area contributed by atoms with E-state index < -0.39 is 129 Å². The first-order chi connectivity index (χ1) is 44.2. The molecular formula is C62H114N7O23P. The standard InChI is InChI=1S/C62H114N7O23P/c1-40(73)65-53-47(33-43(36-70)56(80)59(53)83)89-30-17-8-5-12-21-50(77)63-24-20-28-68(52(79)23-14-7-10-19-32-91-49-35-45(38-72)58(82)61(85)55(49)67-42(3)75)26-15-11-16-27-69(62(86)46(76)39-92-93(4,87)88)29-25-64-51(78)22-13-6-9-18-31-90-48-34-44(37-71)57(81)60(84)54(48)66-41(2)74/h43-49,53-61,70-72,76,80-85H,5-39H2,1-4H3,(H,63,77)(H,64,78)(H,65,73)(H,66,74)(H,67,75)(H,87,88)/t43?,44?,45?,46?,47-,48-,49-,53-,54-,55-,56+,57+,58+,59?,60?,61?/m1/s1. The van der Waals surface area contributed by atoms with Crippen LogP contribution in [0, 0.1) is 17.8 Å². The summed E-state index contributed by atoms with van der Waals surface area (Å²) in [5.41, 5.74) is 0. The lowest BCUT2D eigenvalue weighted by Gasteiger charge is -2.42. The molecule has 3 fully saturated rings. The smallest absolute Gasteiger partial charge is 0.325 e. The minimum atomic E-state index is -4.03. The van der Waals surface area contributed by atoms with Gasteiger partial charge in [0.15, 0.2) is 6.10 Å². The summed E-state index contributed by atoms with van der Waals surface area (Å²) in [4.78, 5) is 101. The second kappa shape index (κ2) is 45.4. The van der Waals surface area contributed by atoms with Gasteiger partial charge in [0, 0.05) is 143 Å². The van der Waals surface area contributed by atoms with Gasteiger partial charge in [-0.1, -0.05) is 38.5 Å². The summed E-state index contributed by atoms with van der Waals surface area (Å²) in [6.07, 6.45) is 0.129. The molecular weight excluding hydrogens is 1240 g/mol. The Morgan fingerprint density at radius 1 is 0.462 bits per heavy atom. The van der Waals surface area contributed by atoms with E-state index in [0.29, 0.717) is 116 Å². The average molecular weight is 1360 g/mol. The first-order valence-electron chi connectivity index (χ1n) is 33.5. The van der Waals surface area contributed by atoms with Crippen molar-refractivity contribution in [2.75, 3.05) is 92.2 Å². The van der Waals surface area contributed by atoms with Gasteiger partial charge in [0.1, 0.15) is 18.3 Å². The van der Waals surface area contributed by atoms with Gasteiger partial charge in [0.25, 0.3) is 5.91 Å². The Kier molecular flexibility index (Phi) is 40.6. The van der Waals surface area contributed by atoms with Crippen LogP contribution in [-0.2, 0) is 56.9 Å². The maximum atomic E-state index is 13.8. The van der Waals surface area contributed by atoms with Crippen LogP contribution < -0.4 is 26.6 Å². The number of rotatable bonds is 47. The van der Waals surface area contributed by atoms with E-state index in [9.17, 15) is 94.1 Å². The highest BCUT2D eigenvalue weighted by Crippen LogP contribution is 2.37. The molecule has 3 aliphatic carbocycles. The predicted molar refractivity (Wildman–Crippen MR) is 338 cm³/mol. The van der Waals surface area contributed by atoms with Gasteiger partial charge in [0.05, 0.1) is 61.4 Å². The molecule has 0 aromatic rings. The largest absolute Gasteiger partial charge is 0.396 e. The third kappa shape index (κ3) is 31.8. The van der Waals surface area contributed by atoms with Crippen LogP contribution in [0.15, 0.2) is 0 Å². The molecule has 3 rings (SSSR count). The Bertz CT molecular complexity index is 2240. The van der Waals surface area contributed by atoms with E-state index in [1.165, 1.54) is 25.7 Å². The second-order valence-electron chi connectivity index (χ2n) is 25.3. The Labute approximate surface area is 547 Å². The van der Waals surface area contributed by atoms with E-state index in [1.807, 2.05) is 0 Å². The molecule has 0 aromatic carbocycles. The van der Waals surface area contributed by atoms with Crippen LogP contribution in [0.2, 0.25) is 0 Å². The van der Waals surface area contributed by atoms with Crippen molar-refractivity contribution in [1.29, 1.82) is 0 Å². The van der Waals surface area contributed by atoms with E-state index in [4.69, 9.17) is 18.7 Å². The summed E-state index contributed by atoms with van der Waals surface area (Å²) >= 11 is 0. The molecule has 0 aromatic heterocycles. The Hall–Kier alpha value is -4.08. The Morgan fingerprint density at radius 2 is 0.806 bits per heavy atom. The van der Waals surface area contributed by atoms with E-state index in [1.54, 1.807) is 4.90 Å². The van der Waals surface area contributed by atoms with E-state index in [-0.39, 0.29) is 115 Å². The minimum absolute atomic E-state index is 0.00775. The van der Waals surface area contributed by atoms with Crippen molar-refractivity contribution in [3.05, 3.63) is 0 Å². The van der Waals surface area contributed by atoms with Gasteiger partial charge in [-0.3, -0.25) is 38.1 Å². The van der Waals surface area contributed by atoms with Gasteiger partial charge in [-0.15, -0.1) is 0 Å². The van der Waals surface area contributed by atoms with Crippen LogP contribution in [0.5, 0.6) is 0 Å². The lowest BCUT2D eigenvalue weighted by Crippen LogP contribution is -2.61. The maximum Gasteiger partial charge on any atom is 0.325 e. The zero-order valence-corrected chi connectivity index (χ0v) is 56.0. The predicted octanol–water partition coefficient (Wildman–Crippen LogP) is -1.65. The summed E-state index contributed by atoms with van der Waals surface area (Å²) in [6, 6.07) is -2.51. The quantitative estimate of drug-likeness (QED) is 0.0240. The number of ether oxygens (including phenoxy) is 3. The number of hydrogen-bond donors (Lipinski definition) is 16. The van der Waals surface area contributed by atoms with Crippen molar-refractivity contribution < 1.29 is 113 Å². The van der Waals surface area contributed by atoms with E-state index in [2.05, 4.69) is 26.6 Å². The molecule has 17 atom stereocenters. The summed E-state index contributed by atoms with van der Waals surface area (Å²) in [6.45, 7) is 5.17. The van der Waals surface area contributed by atoms with Crippen LogP contribution in [-0.4, -0.2) is 278 Å². The van der Waals surface area contributed by atoms with Crippen molar-refractivity contribution >= 4 is 48.9 Å². The lowest BCUT2D eigenvalue weighted by molar-refractivity contribution is -0.142. The highest BCUT2D eigenvalue weighted by Gasteiger charge is 2.47. The SMILES string of the molecule is CC(=O)N[C@H]1C(O)[C@@H](O)C(CO)C[C@H]1OCCCCCCC(=O)NCCCN(CCCCCN(CCNC(=O)CCCCCCO[C@@H]1CC(CO)[C@H](O)C(O)[C@@H]1NC(C)=O)C(=O)C(O)COP(C)(=O)O)C(=O)CCCCCCO[C@@H]1CC(CO)[C@H](O)C(O)[C@@H]1NC(C)=O. The minimum Gasteiger partial charge on any atom is -0.396 e. The summed E-state index contributed by atoms with van der Waals surface area (Å²) in [7, 11) is -4.03. The third-order valence-electron chi connectivity index (χ3n) is 17.5. The molecule has 3 saturated carbocycles. The number of nitrogens with one attached hydrogen (secondary N) is 5. The van der Waals surface area contributed by atoms with Gasteiger partial charge >= 0.3 is 7.60 Å². The van der Waals surface area contributed by atoms with Crippen LogP contribution in [0.25, 0.3) is 0 Å². The van der Waals surface area contributed by atoms with Crippen LogP contribution in [0.1, 0.15) is 162 Å². The fraction of sp³-hybridized carbons (Fsp3) is 0.887. The van der Waals surface area contributed by atoms with Crippen molar-refractivity contribution in [1.82, 2.24) is 36.4 Å². The molecule has 0 spiro atoms. The van der Waals surface area contributed by atoms with Gasteiger partial charge in [0.2, 0.25) is 35.4 Å². The molecule has 8 unspecified atom stereocenters. The highest BCUT2D eigenvalue weighted by molar-refractivity contribution is 7.51. The molecule has 16 N–H and O–H groups in total. The maximum absolute atomic E-state index is 13.8. The number of carbonyl (C=O) groups excluding carboxylic acids is 7. The average Bonchev–Trinajstić information content (AvgIpc) is 0.840. The summed E-state index contributed by atoms with van der Waals surface area (Å²) < 4.78 is 34.7. The summed E-state index contributed by atoms with van der Waals surface area (Å²) in [5, 5.41) is 116. The van der Waals surface area contributed by atoms with Gasteiger partial charge in [-0.2, -0.15) is 0 Å². The summed E-state index contributed by atoms with van der Waals surface area (Å²) in [5.74, 6) is -4.25. The number of nitrogens with zero attached hydrogens (tertiary/aromatic N) is 2. The number of aliphatic hydroxyl groups is 10. The lowest BCUT2D eigenvalue weighted by atomic mass is 9.79. The number of aliphatic hydroxyl groups excluding tert-OH is 10. The third-order valence-corrected chi connectivity index (χ3v) is 18.1. The zero-order chi connectivity index (χ0) is 69.0. The van der Waals surface area contributed by atoms with Gasteiger partial charge < -0.3 is 111 Å². The van der Waals surface area contributed by atoms with Crippen LogP contribution >= 0.6 is 7.60 Å². The van der Waals surface area contributed by atoms with Gasteiger partial charge in [-0.05, 0) is 83.5 Å². The molecule has 30 nitrogen and oxygen atoms in total. The normalized spacial score (nSPS) is 27.3. The first kappa shape index (κ1) is 83.1. The highest BCUT2D eigenvalue weighted by atomic mass is 31.2. The molecule has 3 aliphatic rings. The molecule has 0 radical (unpaired) electrons. The fourth-order valence-corrected chi connectivity index (χ4v) is 12.7. The number of unbranched alkanes of at least 4 members (excludes halogenated alkanes) is 11. The topological polar surface area (TPSA) is 463 Å². The fourth-order valence-electron chi connectivity index (χ4n) is 12.2. The van der Waals surface area contributed by atoms with Crippen molar-refractivity contribution in [2.24, 2.45) is 17.8 Å².